The van der Waals surface area contributed by atoms with Crippen molar-refractivity contribution >= 4 is 12.1 Å². The molecular weight excluding hydrogens is 164 g/mol. The van der Waals surface area contributed by atoms with Gasteiger partial charge >= 0.3 is 0 Å². The molecule has 0 aromatic heterocycles. The molecule has 3 nitrogen and oxygen atoms in total. The fraction of sp³-hybridized carbons (Fsp3) is 0.600. The van der Waals surface area contributed by atoms with E-state index in [4.69, 9.17) is 0 Å². The van der Waals surface area contributed by atoms with Crippen molar-refractivity contribution in [1.82, 2.24) is 0 Å². The lowest BCUT2D eigenvalue weighted by molar-refractivity contribution is -0.519. The Morgan fingerprint density at radius 1 is 1.38 bits per heavy atom. The zero-order chi connectivity index (χ0) is 9.10. The Morgan fingerprint density at radius 2 is 2.31 bits per heavy atom. The van der Waals surface area contributed by atoms with Crippen LogP contribution < -0.4 is 5.11 Å². The van der Waals surface area contributed by atoms with Crippen LogP contribution in [0.15, 0.2) is 16.8 Å². The van der Waals surface area contributed by atoms with Gasteiger partial charge in [0.25, 0.3) is 0 Å². The van der Waals surface area contributed by atoms with Crippen LogP contribution in [-0.2, 0) is 0 Å². The Labute approximate surface area is 78.1 Å². The van der Waals surface area contributed by atoms with E-state index in [9.17, 15) is 5.11 Å². The fourth-order valence-electron chi connectivity index (χ4n) is 1.72. The minimum atomic E-state index is 0.00709. The van der Waals surface area contributed by atoms with Crippen LogP contribution in [0.2, 0.25) is 0 Å². The molecule has 1 aliphatic carbocycles. The van der Waals surface area contributed by atoms with Crippen molar-refractivity contribution in [2.75, 3.05) is 6.54 Å². The van der Waals surface area contributed by atoms with Gasteiger partial charge in [-0.25, -0.2) is 0 Å². The third kappa shape index (κ3) is 2.17. The van der Waals surface area contributed by atoms with E-state index in [-0.39, 0.29) is 5.90 Å². The van der Waals surface area contributed by atoms with Crippen LogP contribution in [0.4, 0.5) is 0 Å². The summed E-state index contributed by atoms with van der Waals surface area (Å²) in [7, 11) is 0. The molecule has 1 aliphatic heterocycles. The monoisotopic (exact) mass is 178 g/mol. The van der Waals surface area contributed by atoms with Crippen LogP contribution in [0.3, 0.4) is 0 Å². The minimum Gasteiger partial charge on any atom is -0.857 e. The zero-order valence-electron chi connectivity index (χ0n) is 7.70. The molecule has 0 aromatic rings. The summed E-state index contributed by atoms with van der Waals surface area (Å²) < 4.78 is 1.78. The number of nitrogens with zero attached hydrogens (tertiary/aromatic N) is 2. The molecule has 0 aromatic carbocycles. The molecular formula is C10H14N2O. The Morgan fingerprint density at radius 3 is 2.92 bits per heavy atom. The van der Waals surface area contributed by atoms with Gasteiger partial charge in [0, 0.05) is 17.9 Å². The summed E-state index contributed by atoms with van der Waals surface area (Å²) in [5.41, 5.74) is 1.34. The van der Waals surface area contributed by atoms with Crippen LogP contribution in [-0.4, -0.2) is 23.3 Å². The summed E-state index contributed by atoms with van der Waals surface area (Å²) in [6.45, 7) is 0.760. The first-order valence-electron chi connectivity index (χ1n) is 4.89. The van der Waals surface area contributed by atoms with Crippen molar-refractivity contribution in [2.24, 2.45) is 5.10 Å². The number of rotatable bonds is 1. The molecule has 70 valence electrons. The molecule has 0 spiro atoms. The lowest BCUT2D eigenvalue weighted by Crippen LogP contribution is -2.13. The van der Waals surface area contributed by atoms with E-state index < -0.39 is 0 Å². The summed E-state index contributed by atoms with van der Waals surface area (Å²) in [6, 6.07) is 0. The van der Waals surface area contributed by atoms with Gasteiger partial charge in [0.05, 0.1) is 0 Å². The second-order valence-corrected chi connectivity index (χ2v) is 3.56. The van der Waals surface area contributed by atoms with E-state index in [0.717, 1.165) is 13.0 Å². The fourth-order valence-corrected chi connectivity index (χ4v) is 1.72. The van der Waals surface area contributed by atoms with E-state index in [1.807, 2.05) is 6.21 Å². The number of hydrogen-bond donors (Lipinski definition) is 0. The van der Waals surface area contributed by atoms with Crippen molar-refractivity contribution in [2.45, 2.75) is 32.1 Å². The third-order valence-corrected chi connectivity index (χ3v) is 2.44. The van der Waals surface area contributed by atoms with Gasteiger partial charge in [-0.05, 0) is 30.8 Å². The maximum Gasteiger partial charge on any atom is 0.199 e. The Hall–Kier alpha value is -1.12. The minimum absolute atomic E-state index is 0.00709. The van der Waals surface area contributed by atoms with Gasteiger partial charge in [0.1, 0.15) is 0 Å². The third-order valence-electron chi connectivity index (χ3n) is 2.44. The van der Waals surface area contributed by atoms with Crippen molar-refractivity contribution in [1.29, 1.82) is 0 Å². The van der Waals surface area contributed by atoms with E-state index in [2.05, 4.69) is 11.2 Å². The van der Waals surface area contributed by atoms with Crippen molar-refractivity contribution in [3.8, 4) is 0 Å². The SMILES string of the molecule is [O-]C1=N/[N+](=C\C2=CCCCC2)CC1. The molecule has 1 heterocycles. The van der Waals surface area contributed by atoms with E-state index in [1.54, 1.807) is 4.68 Å². The van der Waals surface area contributed by atoms with Gasteiger partial charge in [-0.1, -0.05) is 10.8 Å². The van der Waals surface area contributed by atoms with E-state index >= 15 is 0 Å². The normalized spacial score (nSPS) is 26.0. The van der Waals surface area contributed by atoms with Gasteiger partial charge in [-0.2, -0.15) is 0 Å². The molecule has 3 heteroatoms. The van der Waals surface area contributed by atoms with Gasteiger partial charge in [-0.15, -0.1) is 0 Å². The highest BCUT2D eigenvalue weighted by atomic mass is 16.3. The molecule has 0 atom stereocenters. The topological polar surface area (TPSA) is 38.4 Å². The number of allylic oxidation sites excluding steroid dienone is 2. The smallest absolute Gasteiger partial charge is 0.199 e. The van der Waals surface area contributed by atoms with Gasteiger partial charge in [0.2, 0.25) is 0 Å². The van der Waals surface area contributed by atoms with Crippen LogP contribution in [0.25, 0.3) is 0 Å². The zero-order valence-corrected chi connectivity index (χ0v) is 7.70. The highest BCUT2D eigenvalue weighted by Gasteiger charge is 2.12. The molecule has 2 rings (SSSR count). The second kappa shape index (κ2) is 3.73. The quantitative estimate of drug-likeness (QED) is 0.543. The molecule has 0 N–H and O–H groups in total. The summed E-state index contributed by atoms with van der Waals surface area (Å²) in [5.74, 6) is 0.00709. The maximum atomic E-state index is 10.8. The highest BCUT2D eigenvalue weighted by molar-refractivity contribution is 5.76. The molecule has 2 aliphatic rings. The van der Waals surface area contributed by atoms with Crippen molar-refractivity contribution in [3.63, 3.8) is 0 Å². The Balaban J connectivity index is 2.07. The average molecular weight is 178 g/mol. The number of hydrogen-bond acceptors (Lipinski definition) is 2. The molecule has 0 saturated heterocycles. The summed E-state index contributed by atoms with van der Waals surface area (Å²) >= 11 is 0. The molecule has 0 unspecified atom stereocenters. The Kier molecular flexibility index (Phi) is 2.43. The van der Waals surface area contributed by atoms with Gasteiger partial charge < -0.3 is 5.11 Å². The predicted octanol–water partition coefficient (Wildman–Crippen LogP) is 0.648. The first-order chi connectivity index (χ1) is 6.34. The largest absolute Gasteiger partial charge is 0.857 e. The lowest BCUT2D eigenvalue weighted by atomic mass is 10.0. The van der Waals surface area contributed by atoms with Crippen molar-refractivity contribution < 1.29 is 9.79 Å². The Bertz CT molecular complexity index is 289. The summed E-state index contributed by atoms with van der Waals surface area (Å²) in [5, 5.41) is 14.7. The van der Waals surface area contributed by atoms with Crippen LogP contribution in [0, 0.1) is 0 Å². The lowest BCUT2D eigenvalue weighted by Gasteiger charge is -2.05. The van der Waals surface area contributed by atoms with Crippen LogP contribution in [0.1, 0.15) is 32.1 Å². The van der Waals surface area contributed by atoms with E-state index in [1.165, 1.54) is 24.8 Å². The molecule has 0 bridgehead atoms. The van der Waals surface area contributed by atoms with Gasteiger partial charge in [0.15, 0.2) is 12.8 Å². The van der Waals surface area contributed by atoms with Gasteiger partial charge in [-0.3, -0.25) is 0 Å². The van der Waals surface area contributed by atoms with Crippen LogP contribution in [0.5, 0.6) is 0 Å². The van der Waals surface area contributed by atoms with E-state index in [0.29, 0.717) is 6.42 Å². The maximum absolute atomic E-state index is 10.8. The first-order valence-corrected chi connectivity index (χ1v) is 4.89. The molecule has 0 fully saturated rings. The highest BCUT2D eigenvalue weighted by Crippen LogP contribution is 2.15. The summed E-state index contributed by atoms with van der Waals surface area (Å²) in [4.78, 5) is 0. The standard InChI is InChI=1S/C10H14N2O/c13-10-6-7-12(11-10)8-9-4-2-1-3-5-9/h4,8H,1-3,5-7H2/b12-8-. The molecule has 0 amide bonds. The average Bonchev–Trinajstić information content (AvgIpc) is 2.53. The van der Waals surface area contributed by atoms with Crippen molar-refractivity contribution in [3.05, 3.63) is 11.6 Å². The summed E-state index contributed by atoms with van der Waals surface area (Å²) in [6.07, 6.45) is 9.72. The predicted molar refractivity (Wildman–Crippen MR) is 49.8 cm³/mol. The molecule has 0 saturated carbocycles. The number of hydrazone groups is 1. The molecule has 13 heavy (non-hydrogen) atoms. The van der Waals surface area contributed by atoms with Crippen LogP contribution >= 0.6 is 0 Å². The molecule has 0 radical (unpaired) electrons. The second-order valence-electron chi connectivity index (χ2n) is 3.56. The first kappa shape index (κ1) is 8.48.